The Bertz CT molecular complexity index is 5.25. The van der Waals surface area contributed by atoms with Gasteiger partial charge in [0, 0.05) is 0 Å². The fraction of sp³-hybridized carbons (Fsp3) is 1.00. The molecule has 0 amide bonds. The first-order chi connectivity index (χ1) is 1.91. The Balaban J connectivity index is 1.97. The molecular weight excluding hydrogens is 240 g/mol. The van der Waals surface area contributed by atoms with E-state index in [-0.39, 0.29) is 24.2 Å². The average molecular weight is 249 g/mol. The molecule has 0 aromatic heterocycles. The zero-order valence-corrected chi connectivity index (χ0v) is 8.91. The molecule has 24 valence electrons. The summed E-state index contributed by atoms with van der Waals surface area (Å²) in [6, 6.07) is 0. The van der Waals surface area contributed by atoms with Gasteiger partial charge in [0.25, 0.3) is 0 Å². The van der Waals surface area contributed by atoms with Crippen LogP contribution in [0.15, 0.2) is 0 Å². The summed E-state index contributed by atoms with van der Waals surface area (Å²) in [4.78, 5) is 0. The van der Waals surface area contributed by atoms with Crippen LogP contribution in [-0.4, -0.2) is 24.2 Å². The molecule has 0 saturated heterocycles. The van der Waals surface area contributed by atoms with E-state index in [1.807, 2.05) is 0 Å². The summed E-state index contributed by atoms with van der Waals surface area (Å²) in [5.74, 6) is 0. The van der Waals surface area contributed by atoms with Crippen LogP contribution in [0, 0.1) is 0 Å². The first-order valence-corrected chi connectivity index (χ1v) is 11.3. The summed E-state index contributed by atoms with van der Waals surface area (Å²) in [6.45, 7) is 2.28. The predicted octanol–water partition coefficient (Wildman–Crippen LogP) is 0.909. The van der Waals surface area contributed by atoms with Gasteiger partial charge >= 0.3 is 39.6 Å². The van der Waals surface area contributed by atoms with Gasteiger partial charge in [0.1, 0.15) is 0 Å². The summed E-state index contributed by atoms with van der Waals surface area (Å²) in [7, 11) is 0. The van der Waals surface area contributed by atoms with Crippen LogP contribution in [0.25, 0.3) is 0 Å². The van der Waals surface area contributed by atoms with Gasteiger partial charge in [0.2, 0.25) is 0 Å². The third-order valence-electron chi connectivity index (χ3n) is 0.500. The third-order valence-corrected chi connectivity index (χ3v) is 4.39. The molecular formula is C3H9Tl. The van der Waals surface area contributed by atoms with E-state index in [1.165, 1.54) is 0 Å². The molecule has 0 radical (unpaired) electrons. The molecule has 0 rings (SSSR count). The molecule has 0 aliphatic rings. The van der Waals surface area contributed by atoms with Crippen LogP contribution in [0.1, 0.15) is 6.92 Å². The van der Waals surface area contributed by atoms with Gasteiger partial charge in [0.15, 0.2) is 0 Å². The second-order valence-electron chi connectivity index (χ2n) is 1.000. The Labute approximate surface area is 39.8 Å². The van der Waals surface area contributed by atoms with Crippen molar-refractivity contribution in [2.45, 2.75) is 15.4 Å². The molecule has 0 aromatic rings. The van der Waals surface area contributed by atoms with Crippen molar-refractivity contribution in [3.63, 3.8) is 0 Å². The molecule has 0 N–H and O–H groups in total. The minimum atomic E-state index is -0.113. The molecule has 0 nitrogen and oxygen atoms in total. The predicted molar refractivity (Wildman–Crippen MR) is 23.5 cm³/mol. The normalized spacial score (nSPS) is 6.50. The first kappa shape index (κ1) is 4.92. The van der Waals surface area contributed by atoms with Crippen molar-refractivity contribution in [3.05, 3.63) is 0 Å². The van der Waals surface area contributed by atoms with Crippen molar-refractivity contribution in [3.8, 4) is 0 Å². The van der Waals surface area contributed by atoms with E-state index in [4.69, 9.17) is 0 Å². The van der Waals surface area contributed by atoms with Crippen molar-refractivity contribution >= 4 is 24.2 Å². The van der Waals surface area contributed by atoms with Gasteiger partial charge in [0.05, 0.1) is 0 Å². The molecule has 0 fully saturated rings. The van der Waals surface area contributed by atoms with E-state index in [1.54, 1.807) is 3.98 Å². The monoisotopic (exact) mass is 250 g/mol. The fourth-order valence-electron chi connectivity index (χ4n) is 0. The second kappa shape index (κ2) is 3.92. The molecule has 0 bridgehead atoms. The van der Waals surface area contributed by atoms with Crippen molar-refractivity contribution in [2.24, 2.45) is 0 Å². The Morgan fingerprint density at radius 2 is 2.00 bits per heavy atom. The van der Waals surface area contributed by atoms with E-state index >= 15 is 0 Å². The molecule has 0 atom stereocenters. The second-order valence-corrected chi connectivity index (χ2v) is 8.77. The van der Waals surface area contributed by atoms with Crippen molar-refractivity contribution in [2.75, 3.05) is 0 Å². The summed E-state index contributed by atoms with van der Waals surface area (Å²) in [6.07, 6.45) is 0. The SMILES string of the molecule is C[CH2][TlH][CH3]. The Morgan fingerprint density at radius 1 is 1.75 bits per heavy atom. The average Bonchev–Trinajstić information content (AvgIpc) is 1.37. The van der Waals surface area contributed by atoms with Gasteiger partial charge in [-0.25, -0.2) is 0 Å². The molecule has 0 unspecified atom stereocenters. The minimum absolute atomic E-state index is 0.113. The Hall–Kier alpha value is 0.922. The van der Waals surface area contributed by atoms with Gasteiger partial charge in [-0.2, -0.15) is 0 Å². The molecule has 4 heavy (non-hydrogen) atoms. The van der Waals surface area contributed by atoms with Crippen LogP contribution in [0.2, 0.25) is 8.46 Å². The van der Waals surface area contributed by atoms with E-state index in [0.717, 1.165) is 0 Å². The Kier molecular flexibility index (Phi) is 4.83. The van der Waals surface area contributed by atoms with Gasteiger partial charge in [-0.3, -0.25) is 0 Å². The number of hydrogen-bond donors (Lipinski definition) is 0. The fourth-order valence-corrected chi connectivity index (χ4v) is 0. The molecule has 0 spiro atoms. The maximum absolute atomic E-state index is 2.40. The van der Waals surface area contributed by atoms with Gasteiger partial charge in [-0.15, -0.1) is 0 Å². The number of hydrogen-bond acceptors (Lipinski definition) is 0. The quantitative estimate of drug-likeness (QED) is 0.606. The van der Waals surface area contributed by atoms with E-state index < -0.39 is 0 Å². The van der Waals surface area contributed by atoms with Crippen LogP contribution >= 0.6 is 0 Å². The topological polar surface area (TPSA) is 0 Å². The van der Waals surface area contributed by atoms with Crippen LogP contribution in [-0.2, 0) is 0 Å². The molecule has 0 aromatic carbocycles. The number of rotatable bonds is 1. The maximum atomic E-state index is 2.40. The van der Waals surface area contributed by atoms with Crippen molar-refractivity contribution in [1.82, 2.24) is 0 Å². The molecule has 0 aliphatic heterocycles. The van der Waals surface area contributed by atoms with Gasteiger partial charge in [-0.05, 0) is 0 Å². The Morgan fingerprint density at radius 3 is 2.00 bits per heavy atom. The van der Waals surface area contributed by atoms with Crippen LogP contribution < -0.4 is 0 Å². The molecule has 1 heteroatoms. The molecule has 0 saturated carbocycles. The standard InChI is InChI=1S/C2H5.CH3.Tl.H/c1-2;;;/h1H2,2H3;1H3;;. The van der Waals surface area contributed by atoms with Crippen molar-refractivity contribution in [1.29, 1.82) is 0 Å². The van der Waals surface area contributed by atoms with Gasteiger partial charge < -0.3 is 0 Å². The zero-order valence-electron chi connectivity index (χ0n) is 3.41. The van der Waals surface area contributed by atoms with E-state index in [9.17, 15) is 0 Å². The molecule has 0 heterocycles. The summed E-state index contributed by atoms with van der Waals surface area (Å²) >= 11 is -0.113. The summed E-state index contributed by atoms with van der Waals surface area (Å²) in [5, 5.41) is 0. The van der Waals surface area contributed by atoms with Crippen LogP contribution in [0.5, 0.6) is 0 Å². The molecule has 0 aliphatic carbocycles. The summed E-state index contributed by atoms with van der Waals surface area (Å²) < 4.78 is 3.94. The first-order valence-electron chi connectivity index (χ1n) is 1.91. The van der Waals surface area contributed by atoms with Gasteiger partial charge in [-0.1, -0.05) is 0 Å². The van der Waals surface area contributed by atoms with Crippen LogP contribution in [0.4, 0.5) is 0 Å². The van der Waals surface area contributed by atoms with Crippen LogP contribution in [0.3, 0.4) is 0 Å². The third kappa shape index (κ3) is 2.92. The summed E-state index contributed by atoms with van der Waals surface area (Å²) in [5.41, 5.74) is 0. The van der Waals surface area contributed by atoms with Crippen molar-refractivity contribution < 1.29 is 0 Å². The zero-order chi connectivity index (χ0) is 3.41. The van der Waals surface area contributed by atoms with E-state index in [0.29, 0.717) is 0 Å². The van der Waals surface area contributed by atoms with E-state index in [2.05, 4.69) is 11.4 Å².